The molecule has 21 heavy (non-hydrogen) atoms. The number of carbonyl (C=O) groups is 2. The average molecular weight is 291 g/mol. The first-order valence-corrected chi connectivity index (χ1v) is 7.09. The monoisotopic (exact) mass is 291 g/mol. The maximum atomic E-state index is 12.0. The molecule has 1 aliphatic heterocycles. The Kier molecular flexibility index (Phi) is 4.45. The minimum absolute atomic E-state index is 0.200. The molecule has 0 spiro atoms. The summed E-state index contributed by atoms with van der Waals surface area (Å²) in [4.78, 5) is 29.0. The van der Waals surface area contributed by atoms with E-state index in [1.807, 2.05) is 19.1 Å². The number of carboxylic acids is 1. The van der Waals surface area contributed by atoms with E-state index in [-0.39, 0.29) is 12.6 Å². The maximum Gasteiger partial charge on any atom is 0.317 e. The van der Waals surface area contributed by atoms with Crippen LogP contribution in [0.2, 0.25) is 0 Å². The van der Waals surface area contributed by atoms with Gasteiger partial charge >= 0.3 is 12.0 Å². The summed E-state index contributed by atoms with van der Waals surface area (Å²) in [5.41, 5.74) is 1.25. The largest absolute Gasteiger partial charge is 0.481 e. The predicted molar refractivity (Wildman–Crippen MR) is 78.0 cm³/mol. The van der Waals surface area contributed by atoms with Gasteiger partial charge < -0.3 is 15.3 Å². The molecular formula is C15H21N3O3. The van der Waals surface area contributed by atoms with Crippen molar-refractivity contribution in [2.24, 2.45) is 5.41 Å². The minimum Gasteiger partial charge on any atom is -0.481 e. The zero-order valence-corrected chi connectivity index (χ0v) is 12.4. The van der Waals surface area contributed by atoms with Crippen LogP contribution in [0.5, 0.6) is 0 Å². The fraction of sp³-hybridized carbons (Fsp3) is 0.533. The number of amides is 2. The van der Waals surface area contributed by atoms with Gasteiger partial charge in [-0.3, -0.25) is 9.78 Å². The molecule has 6 nitrogen and oxygen atoms in total. The molecule has 1 aromatic rings. The molecule has 0 saturated carbocycles. The van der Waals surface area contributed by atoms with Gasteiger partial charge in [0.25, 0.3) is 0 Å². The van der Waals surface area contributed by atoms with E-state index in [2.05, 4.69) is 10.3 Å². The van der Waals surface area contributed by atoms with E-state index in [9.17, 15) is 9.59 Å². The van der Waals surface area contributed by atoms with Crippen molar-refractivity contribution >= 4 is 12.0 Å². The molecule has 2 amide bonds. The van der Waals surface area contributed by atoms with E-state index >= 15 is 0 Å². The Balaban J connectivity index is 1.81. The third-order valence-electron chi connectivity index (χ3n) is 4.03. The number of aliphatic carboxylic acids is 1. The molecule has 0 bridgehead atoms. The number of rotatable bonds is 4. The lowest BCUT2D eigenvalue weighted by atomic mass is 9.90. The summed E-state index contributed by atoms with van der Waals surface area (Å²) >= 11 is 0. The van der Waals surface area contributed by atoms with Gasteiger partial charge in [0.2, 0.25) is 0 Å². The molecule has 2 heterocycles. The third kappa shape index (κ3) is 3.51. The second kappa shape index (κ2) is 6.11. The highest BCUT2D eigenvalue weighted by Gasteiger charge is 2.42. The summed E-state index contributed by atoms with van der Waals surface area (Å²) in [7, 11) is 0. The van der Waals surface area contributed by atoms with Gasteiger partial charge in [0.1, 0.15) is 0 Å². The second-order valence-electron chi connectivity index (χ2n) is 5.79. The molecule has 1 aromatic heterocycles. The van der Waals surface area contributed by atoms with E-state index in [0.29, 0.717) is 25.9 Å². The molecule has 6 heteroatoms. The number of hydrogen-bond donors (Lipinski definition) is 2. The van der Waals surface area contributed by atoms with Crippen LogP contribution in [0.25, 0.3) is 0 Å². The highest BCUT2D eigenvalue weighted by atomic mass is 16.4. The first-order valence-electron chi connectivity index (χ1n) is 7.09. The van der Waals surface area contributed by atoms with Crippen LogP contribution in [0.1, 0.15) is 24.6 Å². The Morgan fingerprint density at radius 3 is 2.90 bits per heavy atom. The lowest BCUT2D eigenvalue weighted by molar-refractivity contribution is -0.146. The topological polar surface area (TPSA) is 82.5 Å². The van der Waals surface area contributed by atoms with Crippen molar-refractivity contribution in [3.63, 3.8) is 0 Å². The quantitative estimate of drug-likeness (QED) is 0.879. The normalized spacial score (nSPS) is 21.3. The van der Waals surface area contributed by atoms with E-state index in [1.54, 1.807) is 18.0 Å². The molecule has 114 valence electrons. The molecule has 2 N–H and O–H groups in total. The summed E-state index contributed by atoms with van der Waals surface area (Å²) < 4.78 is 0. The number of carboxylic acid groups (broad SMARTS) is 1. The van der Waals surface area contributed by atoms with Crippen LogP contribution >= 0.6 is 0 Å². The molecule has 1 saturated heterocycles. The van der Waals surface area contributed by atoms with Crippen molar-refractivity contribution in [3.05, 3.63) is 29.6 Å². The lowest BCUT2D eigenvalue weighted by Crippen LogP contribution is -2.41. The second-order valence-corrected chi connectivity index (χ2v) is 5.79. The van der Waals surface area contributed by atoms with Crippen molar-refractivity contribution in [2.75, 3.05) is 19.6 Å². The highest BCUT2D eigenvalue weighted by molar-refractivity contribution is 5.79. The highest BCUT2D eigenvalue weighted by Crippen LogP contribution is 2.29. The summed E-state index contributed by atoms with van der Waals surface area (Å²) in [5, 5.41) is 12.0. The molecule has 0 aliphatic carbocycles. The van der Waals surface area contributed by atoms with E-state index in [1.165, 1.54) is 0 Å². The van der Waals surface area contributed by atoms with Crippen LogP contribution in [0, 0.1) is 12.3 Å². The Bertz CT molecular complexity index is 547. The molecule has 1 unspecified atom stereocenters. The molecule has 2 rings (SSSR count). The van der Waals surface area contributed by atoms with Gasteiger partial charge in [-0.2, -0.15) is 0 Å². The maximum absolute atomic E-state index is 12.0. The standard InChI is InChI=1S/C15H21N3O3/c1-11-4-3-7-16-12(11)5-8-17-14(21)18-9-6-15(2,10-18)13(19)20/h3-4,7H,5-6,8-10H2,1-2H3,(H,17,21)(H,19,20). The fourth-order valence-electron chi connectivity index (χ4n) is 2.49. The van der Waals surface area contributed by atoms with Crippen molar-refractivity contribution in [2.45, 2.75) is 26.7 Å². The number of nitrogens with zero attached hydrogens (tertiary/aromatic N) is 2. The first-order chi connectivity index (χ1) is 9.92. The Morgan fingerprint density at radius 2 is 2.29 bits per heavy atom. The summed E-state index contributed by atoms with van der Waals surface area (Å²) in [6.45, 7) is 4.91. The van der Waals surface area contributed by atoms with Gasteiger partial charge in [0.15, 0.2) is 0 Å². The van der Waals surface area contributed by atoms with Crippen LogP contribution < -0.4 is 5.32 Å². The van der Waals surface area contributed by atoms with Crippen molar-refractivity contribution in [1.82, 2.24) is 15.2 Å². The Hall–Kier alpha value is -2.11. The molecule has 0 aromatic carbocycles. The Labute approximate surface area is 124 Å². The van der Waals surface area contributed by atoms with Crippen LogP contribution in [0.3, 0.4) is 0 Å². The third-order valence-corrected chi connectivity index (χ3v) is 4.03. The van der Waals surface area contributed by atoms with Crippen molar-refractivity contribution in [3.8, 4) is 0 Å². The van der Waals surface area contributed by atoms with Gasteiger partial charge in [-0.15, -0.1) is 0 Å². The van der Waals surface area contributed by atoms with E-state index in [0.717, 1.165) is 11.3 Å². The Morgan fingerprint density at radius 1 is 1.52 bits per heavy atom. The van der Waals surface area contributed by atoms with Crippen LogP contribution in [0.15, 0.2) is 18.3 Å². The van der Waals surface area contributed by atoms with Crippen LogP contribution in [-0.2, 0) is 11.2 Å². The van der Waals surface area contributed by atoms with Gasteiger partial charge in [-0.25, -0.2) is 4.79 Å². The zero-order chi connectivity index (χ0) is 15.5. The smallest absolute Gasteiger partial charge is 0.317 e. The summed E-state index contributed by atoms with van der Waals surface area (Å²) in [5.74, 6) is -0.845. The van der Waals surface area contributed by atoms with Crippen LogP contribution in [-0.4, -0.2) is 46.6 Å². The molecule has 1 aliphatic rings. The average Bonchev–Trinajstić information content (AvgIpc) is 2.85. The fourth-order valence-corrected chi connectivity index (χ4v) is 2.49. The zero-order valence-electron chi connectivity index (χ0n) is 12.4. The molecule has 0 radical (unpaired) electrons. The van der Waals surface area contributed by atoms with Gasteiger partial charge in [-0.1, -0.05) is 6.07 Å². The molecule has 1 atom stereocenters. The van der Waals surface area contributed by atoms with Gasteiger partial charge in [-0.05, 0) is 31.9 Å². The number of carbonyl (C=O) groups excluding carboxylic acids is 1. The minimum atomic E-state index is -0.845. The number of likely N-dealkylation sites (tertiary alicyclic amines) is 1. The van der Waals surface area contributed by atoms with Gasteiger partial charge in [0, 0.05) is 37.9 Å². The SMILES string of the molecule is Cc1cccnc1CCNC(=O)N1CCC(C)(C(=O)O)C1. The number of urea groups is 1. The number of pyridine rings is 1. The number of hydrogen-bond acceptors (Lipinski definition) is 3. The molecule has 1 fully saturated rings. The summed E-state index contributed by atoms with van der Waals surface area (Å²) in [6, 6.07) is 3.67. The van der Waals surface area contributed by atoms with Crippen molar-refractivity contribution in [1.29, 1.82) is 0 Å². The van der Waals surface area contributed by atoms with Gasteiger partial charge in [0.05, 0.1) is 5.41 Å². The number of nitrogens with one attached hydrogen (secondary N) is 1. The van der Waals surface area contributed by atoms with E-state index in [4.69, 9.17) is 5.11 Å². The number of aromatic nitrogens is 1. The predicted octanol–water partition coefficient (Wildman–Crippen LogP) is 1.44. The van der Waals surface area contributed by atoms with E-state index < -0.39 is 11.4 Å². The van der Waals surface area contributed by atoms with Crippen LogP contribution in [0.4, 0.5) is 4.79 Å². The molecular weight excluding hydrogens is 270 g/mol. The van der Waals surface area contributed by atoms with Crippen molar-refractivity contribution < 1.29 is 14.7 Å². The lowest BCUT2D eigenvalue weighted by Gasteiger charge is -2.20. The first kappa shape index (κ1) is 15.3. The summed E-state index contributed by atoms with van der Waals surface area (Å²) in [6.07, 6.45) is 2.90. The number of aryl methyl sites for hydroxylation is 1.